The van der Waals surface area contributed by atoms with E-state index in [1.54, 1.807) is 12.1 Å². The number of halogens is 3. The first kappa shape index (κ1) is 22.3. The fourth-order valence-electron chi connectivity index (χ4n) is 4.13. The number of alkyl halides is 3. The van der Waals surface area contributed by atoms with E-state index in [1.807, 2.05) is 30.3 Å². The summed E-state index contributed by atoms with van der Waals surface area (Å²) in [5, 5.41) is 0. The average Bonchev–Trinajstić information content (AvgIpc) is 3.01. The van der Waals surface area contributed by atoms with Crippen LogP contribution in [0.2, 0.25) is 0 Å². The number of benzene rings is 1. The van der Waals surface area contributed by atoms with Crippen molar-refractivity contribution in [1.82, 2.24) is 19.7 Å². The Labute approximate surface area is 184 Å². The average molecular weight is 446 g/mol. The molecule has 1 aromatic carbocycles. The zero-order chi connectivity index (χ0) is 22.7. The second kappa shape index (κ2) is 9.28. The fourth-order valence-corrected chi connectivity index (χ4v) is 4.13. The second-order valence-corrected chi connectivity index (χ2v) is 8.28. The summed E-state index contributed by atoms with van der Waals surface area (Å²) in [6.45, 7) is 1.18. The molecule has 2 aromatic rings. The number of nitrogens with zero attached hydrogens (tertiary/aromatic N) is 4. The van der Waals surface area contributed by atoms with Gasteiger partial charge >= 0.3 is 12.2 Å². The van der Waals surface area contributed by atoms with Crippen LogP contribution in [0.4, 0.5) is 18.0 Å². The molecular formula is C23H25F3N4O2. The highest BCUT2D eigenvalue weighted by atomic mass is 19.4. The number of carbonyl (C=O) groups is 2. The Balaban J connectivity index is 1.40. The van der Waals surface area contributed by atoms with E-state index in [0.717, 1.165) is 47.0 Å². The van der Waals surface area contributed by atoms with Gasteiger partial charge in [-0.1, -0.05) is 36.8 Å². The highest BCUT2D eigenvalue weighted by molar-refractivity contribution is 6.02. The summed E-state index contributed by atoms with van der Waals surface area (Å²) in [5.41, 5.74) is 3.50. The first-order chi connectivity index (χ1) is 15.3. The Morgan fingerprint density at radius 1 is 0.906 bits per heavy atom. The van der Waals surface area contributed by atoms with Crippen molar-refractivity contribution < 1.29 is 22.8 Å². The normalized spacial score (nSPS) is 18.0. The Kier molecular flexibility index (Phi) is 6.45. The molecule has 0 spiro atoms. The molecule has 0 bridgehead atoms. The number of hydrogen-bond donors (Lipinski definition) is 0. The number of pyridine rings is 1. The van der Waals surface area contributed by atoms with Gasteiger partial charge in [0.2, 0.25) is 0 Å². The van der Waals surface area contributed by atoms with Gasteiger partial charge in [0.1, 0.15) is 13.1 Å². The Morgan fingerprint density at radius 2 is 1.62 bits per heavy atom. The maximum atomic E-state index is 12.6. The van der Waals surface area contributed by atoms with Crippen LogP contribution in [0, 0.1) is 0 Å². The highest BCUT2D eigenvalue weighted by Gasteiger charge is 2.42. The molecule has 3 amide bonds. The van der Waals surface area contributed by atoms with Gasteiger partial charge in [-0.25, -0.2) is 4.79 Å². The quantitative estimate of drug-likeness (QED) is 0.628. The number of likely N-dealkylation sites (tertiary alicyclic amines) is 1. The molecule has 0 unspecified atom stereocenters. The van der Waals surface area contributed by atoms with Crippen LogP contribution in [0.15, 0.2) is 42.5 Å². The fraction of sp³-hybridized carbons (Fsp3) is 0.435. The topological polar surface area (TPSA) is 56.8 Å². The van der Waals surface area contributed by atoms with Gasteiger partial charge in [-0.3, -0.25) is 19.6 Å². The summed E-state index contributed by atoms with van der Waals surface area (Å²) < 4.78 is 37.8. The molecular weight excluding hydrogens is 421 g/mol. The third kappa shape index (κ3) is 5.45. The molecule has 1 aromatic heterocycles. The SMILES string of the molecule is O=C1CN(Cc2ccc(-c3cccc(CN4CCCCC4)n3)cc2)C(=O)N1CC(F)(F)F. The third-order valence-electron chi connectivity index (χ3n) is 5.73. The molecule has 0 aliphatic carbocycles. The van der Waals surface area contributed by atoms with Gasteiger partial charge in [0.05, 0.1) is 11.4 Å². The molecule has 0 atom stereocenters. The monoisotopic (exact) mass is 446 g/mol. The molecule has 3 heterocycles. The first-order valence-corrected chi connectivity index (χ1v) is 10.7. The predicted molar refractivity (Wildman–Crippen MR) is 112 cm³/mol. The Hall–Kier alpha value is -2.94. The molecule has 0 saturated carbocycles. The largest absolute Gasteiger partial charge is 0.406 e. The van der Waals surface area contributed by atoms with Crippen LogP contribution < -0.4 is 0 Å². The number of urea groups is 1. The molecule has 0 radical (unpaired) electrons. The van der Waals surface area contributed by atoms with E-state index in [4.69, 9.17) is 4.98 Å². The van der Waals surface area contributed by atoms with Crippen molar-refractivity contribution in [3.05, 3.63) is 53.7 Å². The highest BCUT2D eigenvalue weighted by Crippen LogP contribution is 2.23. The number of imide groups is 1. The molecule has 2 aliphatic heterocycles. The molecule has 2 saturated heterocycles. The summed E-state index contributed by atoms with van der Waals surface area (Å²) in [7, 11) is 0. The summed E-state index contributed by atoms with van der Waals surface area (Å²) in [5.74, 6) is -0.835. The van der Waals surface area contributed by atoms with Crippen molar-refractivity contribution in [2.24, 2.45) is 0 Å². The summed E-state index contributed by atoms with van der Waals surface area (Å²) >= 11 is 0. The third-order valence-corrected chi connectivity index (χ3v) is 5.73. The van der Waals surface area contributed by atoms with Crippen LogP contribution in [-0.4, -0.2) is 64.0 Å². The minimum atomic E-state index is -4.61. The van der Waals surface area contributed by atoms with Crippen LogP contribution in [0.1, 0.15) is 30.5 Å². The van der Waals surface area contributed by atoms with E-state index in [2.05, 4.69) is 4.90 Å². The number of carbonyl (C=O) groups excluding carboxylic acids is 2. The van der Waals surface area contributed by atoms with Crippen LogP contribution in [0.3, 0.4) is 0 Å². The van der Waals surface area contributed by atoms with Crippen LogP contribution in [0.25, 0.3) is 11.3 Å². The van der Waals surface area contributed by atoms with Gasteiger partial charge < -0.3 is 4.90 Å². The molecule has 9 heteroatoms. The molecule has 0 N–H and O–H groups in total. The summed E-state index contributed by atoms with van der Waals surface area (Å²) in [6, 6.07) is 12.4. The predicted octanol–water partition coefficient (Wildman–Crippen LogP) is 4.06. The first-order valence-electron chi connectivity index (χ1n) is 10.7. The van der Waals surface area contributed by atoms with Gasteiger partial charge in [-0.2, -0.15) is 13.2 Å². The van der Waals surface area contributed by atoms with Crippen molar-refractivity contribution in [3.63, 3.8) is 0 Å². The molecule has 32 heavy (non-hydrogen) atoms. The second-order valence-electron chi connectivity index (χ2n) is 8.28. The lowest BCUT2D eigenvalue weighted by atomic mass is 10.1. The molecule has 2 aliphatic rings. The lowest BCUT2D eigenvalue weighted by Crippen LogP contribution is -2.39. The van der Waals surface area contributed by atoms with Crippen LogP contribution >= 0.6 is 0 Å². The van der Waals surface area contributed by atoms with Crippen molar-refractivity contribution in [3.8, 4) is 11.3 Å². The Morgan fingerprint density at radius 3 is 2.31 bits per heavy atom. The van der Waals surface area contributed by atoms with Crippen molar-refractivity contribution in [1.29, 1.82) is 0 Å². The maximum Gasteiger partial charge on any atom is 0.406 e. The molecule has 6 nitrogen and oxygen atoms in total. The summed E-state index contributed by atoms with van der Waals surface area (Å²) in [4.78, 5) is 32.6. The maximum absolute atomic E-state index is 12.6. The van der Waals surface area contributed by atoms with E-state index in [0.29, 0.717) is 0 Å². The van der Waals surface area contributed by atoms with Crippen molar-refractivity contribution in [2.45, 2.75) is 38.5 Å². The standard InChI is InChI=1S/C23H25F3N4O2/c24-23(25,26)16-30-21(31)15-29(22(30)32)13-17-7-9-18(10-8-17)20-6-4-5-19(27-20)14-28-11-2-1-3-12-28/h4-10H,1-3,11-16H2. The minimum Gasteiger partial charge on any atom is -0.311 e. The van der Waals surface area contributed by atoms with E-state index in [-0.39, 0.29) is 18.0 Å². The lowest BCUT2D eigenvalue weighted by Gasteiger charge is -2.26. The molecule has 170 valence electrons. The van der Waals surface area contributed by atoms with Crippen molar-refractivity contribution >= 4 is 11.9 Å². The van der Waals surface area contributed by atoms with Gasteiger partial charge in [-0.05, 0) is 43.6 Å². The number of hydrogen-bond acceptors (Lipinski definition) is 4. The molecule has 4 rings (SSSR count). The Bertz CT molecular complexity index is 972. The summed E-state index contributed by atoms with van der Waals surface area (Å²) in [6.07, 6.45) is -0.882. The van der Waals surface area contributed by atoms with Crippen molar-refractivity contribution in [2.75, 3.05) is 26.2 Å². The van der Waals surface area contributed by atoms with Gasteiger partial charge in [-0.15, -0.1) is 0 Å². The number of piperidine rings is 1. The van der Waals surface area contributed by atoms with Gasteiger partial charge in [0.25, 0.3) is 5.91 Å². The van der Waals surface area contributed by atoms with Gasteiger partial charge in [0, 0.05) is 18.7 Å². The van der Waals surface area contributed by atoms with Crippen LogP contribution in [0.5, 0.6) is 0 Å². The van der Waals surface area contributed by atoms with Crippen LogP contribution in [-0.2, 0) is 17.9 Å². The molecule has 2 fully saturated rings. The van der Waals surface area contributed by atoms with E-state index in [1.165, 1.54) is 19.3 Å². The number of aromatic nitrogens is 1. The smallest absolute Gasteiger partial charge is 0.311 e. The minimum absolute atomic E-state index is 0.0711. The zero-order valence-electron chi connectivity index (χ0n) is 17.6. The number of amides is 3. The zero-order valence-corrected chi connectivity index (χ0v) is 17.6. The van der Waals surface area contributed by atoms with Gasteiger partial charge in [0.15, 0.2) is 0 Å². The van der Waals surface area contributed by atoms with E-state index in [9.17, 15) is 22.8 Å². The van der Waals surface area contributed by atoms with E-state index < -0.39 is 24.7 Å². The lowest BCUT2D eigenvalue weighted by molar-refractivity contribution is -0.151. The number of rotatable bonds is 6. The van der Waals surface area contributed by atoms with E-state index >= 15 is 0 Å².